The number of carbonyl (C=O) groups is 1. The molecule has 0 radical (unpaired) electrons. The largest absolute Gasteiger partial charge is 0.465 e. The van der Waals surface area contributed by atoms with Gasteiger partial charge in [-0.3, -0.25) is 4.90 Å². The fourth-order valence-corrected chi connectivity index (χ4v) is 3.05. The van der Waals surface area contributed by atoms with Gasteiger partial charge in [-0.15, -0.1) is 22.8 Å². The Labute approximate surface area is 164 Å². The standard InChI is InChI=1S/C17H15ClFN5O2S/c1-3-24(17(25)26)13-8-20-14(18)7-11(13)10-5-4-9(19)6-12(10)15-21-22-16(27)23(15)2/h4-8H,3H2,1-2H3,(H,22,27)(H,25,26). The van der Waals surface area contributed by atoms with Gasteiger partial charge >= 0.3 is 6.09 Å². The summed E-state index contributed by atoms with van der Waals surface area (Å²) >= 11 is 10.3. The van der Waals surface area contributed by atoms with Gasteiger partial charge in [-0.05, 0) is 30.7 Å². The number of rotatable bonds is 4. The smallest absolute Gasteiger partial charge is 0.411 e. The van der Waals surface area contributed by atoms with Crippen molar-refractivity contribution < 1.29 is 14.3 Å². The Morgan fingerprint density at radius 2 is 2.04 bits per heavy atom. The van der Waals surface area contributed by atoms with Gasteiger partial charge in [0.05, 0.1) is 11.9 Å². The summed E-state index contributed by atoms with van der Waals surface area (Å²) in [5.41, 5.74) is 1.78. The molecule has 0 atom stereocenters. The second-order valence-electron chi connectivity index (χ2n) is 5.62. The summed E-state index contributed by atoms with van der Waals surface area (Å²) < 4.78 is 15.6. The van der Waals surface area contributed by atoms with Crippen molar-refractivity contribution in [2.24, 2.45) is 7.05 Å². The van der Waals surface area contributed by atoms with E-state index in [1.54, 1.807) is 24.6 Å². The first-order valence-electron chi connectivity index (χ1n) is 7.88. The number of halogens is 2. The van der Waals surface area contributed by atoms with E-state index in [2.05, 4.69) is 27.8 Å². The number of amides is 1. The third-order valence-electron chi connectivity index (χ3n) is 4.05. The number of thiol groups is 1. The van der Waals surface area contributed by atoms with Gasteiger partial charge in [0.2, 0.25) is 0 Å². The van der Waals surface area contributed by atoms with Crippen LogP contribution in [0.1, 0.15) is 6.92 Å². The van der Waals surface area contributed by atoms with Crippen LogP contribution in [-0.2, 0) is 7.05 Å². The van der Waals surface area contributed by atoms with Gasteiger partial charge in [0.25, 0.3) is 0 Å². The highest BCUT2D eigenvalue weighted by atomic mass is 35.5. The number of pyridine rings is 1. The van der Waals surface area contributed by atoms with Crippen LogP contribution >= 0.6 is 24.2 Å². The highest BCUT2D eigenvalue weighted by molar-refractivity contribution is 7.80. The van der Waals surface area contributed by atoms with Crippen LogP contribution < -0.4 is 4.90 Å². The lowest BCUT2D eigenvalue weighted by molar-refractivity contribution is 0.202. The Morgan fingerprint density at radius 1 is 1.30 bits per heavy atom. The molecule has 1 aromatic carbocycles. The number of hydrogen-bond donors (Lipinski definition) is 2. The molecule has 27 heavy (non-hydrogen) atoms. The van der Waals surface area contributed by atoms with Crippen LogP contribution in [0, 0.1) is 5.82 Å². The predicted octanol–water partition coefficient (Wildman–Crippen LogP) is 4.13. The van der Waals surface area contributed by atoms with E-state index in [9.17, 15) is 14.3 Å². The van der Waals surface area contributed by atoms with Crippen LogP contribution in [0.3, 0.4) is 0 Å². The third kappa shape index (κ3) is 3.60. The van der Waals surface area contributed by atoms with Crippen molar-refractivity contribution in [2.75, 3.05) is 11.4 Å². The van der Waals surface area contributed by atoms with E-state index in [4.69, 9.17) is 11.6 Å². The van der Waals surface area contributed by atoms with Crippen molar-refractivity contribution in [2.45, 2.75) is 12.1 Å². The molecule has 140 valence electrons. The first-order chi connectivity index (χ1) is 12.8. The minimum absolute atomic E-state index is 0.179. The zero-order valence-corrected chi connectivity index (χ0v) is 16.0. The number of nitrogens with zero attached hydrogens (tertiary/aromatic N) is 5. The average Bonchev–Trinajstić information content (AvgIpc) is 2.95. The SMILES string of the molecule is CCN(C(=O)O)c1cnc(Cl)cc1-c1ccc(F)cc1-c1nnc(S)n1C. The van der Waals surface area contributed by atoms with Gasteiger partial charge in [0, 0.05) is 24.7 Å². The van der Waals surface area contributed by atoms with Crippen LogP contribution in [0.4, 0.5) is 14.9 Å². The Hall–Kier alpha value is -2.65. The lowest BCUT2D eigenvalue weighted by Crippen LogP contribution is -2.29. The van der Waals surface area contributed by atoms with Gasteiger partial charge in [-0.25, -0.2) is 14.2 Å². The van der Waals surface area contributed by atoms with Crippen molar-refractivity contribution in [1.82, 2.24) is 19.7 Å². The molecule has 0 aliphatic rings. The zero-order chi connectivity index (χ0) is 19.7. The second-order valence-corrected chi connectivity index (χ2v) is 6.41. The summed E-state index contributed by atoms with van der Waals surface area (Å²) in [6.07, 6.45) is 0.242. The Bertz CT molecular complexity index is 1030. The maximum absolute atomic E-state index is 14.0. The summed E-state index contributed by atoms with van der Waals surface area (Å²) in [4.78, 5) is 16.8. The fraction of sp³-hybridized carbons (Fsp3) is 0.176. The lowest BCUT2D eigenvalue weighted by Gasteiger charge is -2.21. The predicted molar refractivity (Wildman–Crippen MR) is 103 cm³/mol. The summed E-state index contributed by atoms with van der Waals surface area (Å²) in [6.45, 7) is 1.90. The molecule has 2 aromatic heterocycles. The van der Waals surface area contributed by atoms with E-state index in [0.29, 0.717) is 33.4 Å². The van der Waals surface area contributed by atoms with Gasteiger partial charge < -0.3 is 9.67 Å². The molecular weight excluding hydrogens is 393 g/mol. The summed E-state index contributed by atoms with van der Waals surface area (Å²) in [5.74, 6) is -0.0866. The molecular formula is C17H15ClFN5O2S. The Balaban J connectivity index is 2.31. The molecule has 0 fully saturated rings. The summed E-state index contributed by atoms with van der Waals surface area (Å²) in [7, 11) is 1.70. The first kappa shape index (κ1) is 19.1. The van der Waals surface area contributed by atoms with E-state index in [1.165, 1.54) is 24.4 Å². The van der Waals surface area contributed by atoms with E-state index in [0.717, 1.165) is 4.90 Å². The Morgan fingerprint density at radius 3 is 2.63 bits per heavy atom. The molecule has 0 saturated heterocycles. The third-order valence-corrected chi connectivity index (χ3v) is 4.65. The van der Waals surface area contributed by atoms with Crippen molar-refractivity contribution in [1.29, 1.82) is 0 Å². The highest BCUT2D eigenvalue weighted by Crippen LogP contribution is 2.38. The normalized spacial score (nSPS) is 10.9. The molecule has 1 amide bonds. The van der Waals surface area contributed by atoms with Crippen molar-refractivity contribution in [3.05, 3.63) is 41.4 Å². The number of aromatic nitrogens is 4. The van der Waals surface area contributed by atoms with Gasteiger partial charge in [0.1, 0.15) is 11.0 Å². The number of benzene rings is 1. The molecule has 1 N–H and O–H groups in total. The number of anilines is 1. The molecule has 10 heteroatoms. The minimum Gasteiger partial charge on any atom is -0.465 e. The number of hydrogen-bond acceptors (Lipinski definition) is 5. The summed E-state index contributed by atoms with van der Waals surface area (Å²) in [6, 6.07) is 5.67. The zero-order valence-electron chi connectivity index (χ0n) is 14.4. The first-order valence-corrected chi connectivity index (χ1v) is 8.70. The van der Waals surface area contributed by atoms with Crippen LogP contribution in [-0.4, -0.2) is 37.5 Å². The molecule has 7 nitrogen and oxygen atoms in total. The molecule has 3 rings (SSSR count). The van der Waals surface area contributed by atoms with Crippen LogP contribution in [0.2, 0.25) is 5.15 Å². The van der Waals surface area contributed by atoms with Crippen LogP contribution in [0.5, 0.6) is 0 Å². The molecule has 0 aliphatic carbocycles. The average molecular weight is 408 g/mol. The maximum Gasteiger partial charge on any atom is 0.411 e. The molecule has 2 heterocycles. The van der Waals surface area contributed by atoms with Crippen molar-refractivity contribution >= 4 is 36.0 Å². The highest BCUT2D eigenvalue weighted by Gasteiger charge is 2.22. The molecule has 0 saturated carbocycles. The molecule has 0 unspecified atom stereocenters. The van der Waals surface area contributed by atoms with Gasteiger partial charge in [0.15, 0.2) is 11.0 Å². The quantitative estimate of drug-likeness (QED) is 0.501. The number of carboxylic acid groups (broad SMARTS) is 1. The maximum atomic E-state index is 14.0. The molecule has 3 aromatic rings. The van der Waals surface area contributed by atoms with E-state index >= 15 is 0 Å². The minimum atomic E-state index is -1.14. The molecule has 0 aliphatic heterocycles. The van der Waals surface area contributed by atoms with E-state index in [-0.39, 0.29) is 11.7 Å². The van der Waals surface area contributed by atoms with Crippen LogP contribution in [0.15, 0.2) is 35.6 Å². The van der Waals surface area contributed by atoms with Crippen LogP contribution in [0.25, 0.3) is 22.5 Å². The fourth-order valence-electron chi connectivity index (χ4n) is 2.75. The molecule has 0 spiro atoms. The lowest BCUT2D eigenvalue weighted by atomic mass is 9.98. The van der Waals surface area contributed by atoms with E-state index < -0.39 is 11.9 Å². The van der Waals surface area contributed by atoms with E-state index in [1.807, 2.05) is 0 Å². The second kappa shape index (κ2) is 7.53. The Kier molecular flexibility index (Phi) is 5.33. The summed E-state index contributed by atoms with van der Waals surface area (Å²) in [5, 5.41) is 18.0. The van der Waals surface area contributed by atoms with Gasteiger partial charge in [-0.2, -0.15) is 0 Å². The van der Waals surface area contributed by atoms with Crippen molar-refractivity contribution in [3.8, 4) is 22.5 Å². The van der Waals surface area contributed by atoms with Gasteiger partial charge in [-0.1, -0.05) is 17.7 Å². The monoisotopic (exact) mass is 407 g/mol. The topological polar surface area (TPSA) is 84.1 Å². The van der Waals surface area contributed by atoms with Crippen molar-refractivity contribution in [3.63, 3.8) is 0 Å². The molecule has 0 bridgehead atoms.